The molecule has 0 spiro atoms. The second-order valence-electron chi connectivity index (χ2n) is 2.94. The van der Waals surface area contributed by atoms with Crippen molar-refractivity contribution in [3.8, 4) is 0 Å². The highest BCUT2D eigenvalue weighted by Crippen LogP contribution is 2.24. The molecule has 78 valence electrons. The molecule has 0 bridgehead atoms. The lowest BCUT2D eigenvalue weighted by Crippen LogP contribution is -1.99. The van der Waals surface area contributed by atoms with Gasteiger partial charge in [0.2, 0.25) is 5.95 Å². The average molecular weight is 287 g/mol. The maximum atomic E-state index is 12.8. The Morgan fingerprint density at radius 2 is 2.33 bits per heavy atom. The Morgan fingerprint density at radius 3 is 3.00 bits per heavy atom. The molecule has 2 heterocycles. The number of rotatable bonds is 3. The van der Waals surface area contributed by atoms with E-state index in [1.165, 1.54) is 12.3 Å². The quantitative estimate of drug-likeness (QED) is 0.871. The first-order chi connectivity index (χ1) is 7.25. The zero-order valence-corrected chi connectivity index (χ0v) is 10.1. The van der Waals surface area contributed by atoms with Crippen LogP contribution in [0.1, 0.15) is 5.56 Å². The molecule has 0 aliphatic heterocycles. The van der Waals surface area contributed by atoms with Crippen LogP contribution in [0, 0.1) is 5.95 Å². The van der Waals surface area contributed by atoms with E-state index in [1.807, 2.05) is 11.4 Å². The highest BCUT2D eigenvalue weighted by molar-refractivity contribution is 9.11. The summed E-state index contributed by atoms with van der Waals surface area (Å²) in [6, 6.07) is 5.14. The van der Waals surface area contributed by atoms with Crippen molar-refractivity contribution < 1.29 is 4.39 Å². The second-order valence-corrected chi connectivity index (χ2v) is 5.17. The molecule has 0 aromatic carbocycles. The van der Waals surface area contributed by atoms with Crippen molar-refractivity contribution in [2.24, 2.45) is 0 Å². The van der Waals surface area contributed by atoms with Crippen molar-refractivity contribution in [2.45, 2.75) is 6.54 Å². The van der Waals surface area contributed by atoms with Crippen molar-refractivity contribution in [1.82, 2.24) is 4.98 Å². The Balaban J connectivity index is 2.02. The van der Waals surface area contributed by atoms with E-state index in [4.69, 9.17) is 0 Å². The van der Waals surface area contributed by atoms with Gasteiger partial charge in [-0.2, -0.15) is 4.39 Å². The summed E-state index contributed by atoms with van der Waals surface area (Å²) in [4.78, 5) is 3.49. The second kappa shape index (κ2) is 4.72. The summed E-state index contributed by atoms with van der Waals surface area (Å²) >= 11 is 5.08. The predicted molar refractivity (Wildman–Crippen MR) is 63.5 cm³/mol. The number of anilines is 1. The molecule has 0 saturated heterocycles. The Morgan fingerprint density at radius 1 is 1.47 bits per heavy atom. The summed E-state index contributed by atoms with van der Waals surface area (Å²) in [5, 5.41) is 5.13. The average Bonchev–Trinajstić information content (AvgIpc) is 2.61. The van der Waals surface area contributed by atoms with E-state index in [9.17, 15) is 4.39 Å². The maximum Gasteiger partial charge on any atom is 0.214 e. The molecule has 0 amide bonds. The lowest BCUT2D eigenvalue weighted by molar-refractivity contribution is 0.584. The molecular formula is C10H8BrFN2S. The van der Waals surface area contributed by atoms with Gasteiger partial charge >= 0.3 is 0 Å². The van der Waals surface area contributed by atoms with Crippen molar-refractivity contribution in [1.29, 1.82) is 0 Å². The minimum absolute atomic E-state index is 0.468. The summed E-state index contributed by atoms with van der Waals surface area (Å²) in [6.45, 7) is 0.674. The first kappa shape index (κ1) is 10.6. The van der Waals surface area contributed by atoms with Crippen LogP contribution in [0.25, 0.3) is 0 Å². The third-order valence-electron chi connectivity index (χ3n) is 1.90. The number of hydrogen-bond acceptors (Lipinski definition) is 3. The van der Waals surface area contributed by atoms with E-state index < -0.39 is 5.95 Å². The lowest BCUT2D eigenvalue weighted by Gasteiger charge is -2.04. The van der Waals surface area contributed by atoms with Crippen molar-refractivity contribution in [3.05, 3.63) is 45.1 Å². The monoisotopic (exact) mass is 286 g/mol. The van der Waals surface area contributed by atoms with Gasteiger partial charge in [0.05, 0.1) is 3.79 Å². The Labute approximate surface area is 99.3 Å². The maximum absolute atomic E-state index is 12.8. The zero-order valence-electron chi connectivity index (χ0n) is 7.71. The number of pyridine rings is 1. The summed E-state index contributed by atoms with van der Waals surface area (Å²) in [7, 11) is 0. The van der Waals surface area contributed by atoms with Gasteiger partial charge in [0.1, 0.15) is 0 Å². The molecular weight excluding hydrogens is 279 g/mol. The van der Waals surface area contributed by atoms with Crippen molar-refractivity contribution in [3.63, 3.8) is 0 Å². The molecule has 0 atom stereocenters. The molecule has 2 nitrogen and oxygen atoms in total. The van der Waals surface area contributed by atoms with E-state index in [2.05, 4.69) is 26.2 Å². The van der Waals surface area contributed by atoms with Crippen LogP contribution in [0.2, 0.25) is 0 Å². The highest BCUT2D eigenvalue weighted by Gasteiger charge is 2.01. The lowest BCUT2D eigenvalue weighted by atomic mass is 10.3. The summed E-state index contributed by atoms with van der Waals surface area (Å²) in [6.07, 6.45) is 1.44. The van der Waals surface area contributed by atoms with Gasteiger partial charge in [-0.25, -0.2) is 4.98 Å². The molecule has 2 rings (SSSR count). The van der Waals surface area contributed by atoms with Crippen LogP contribution < -0.4 is 5.32 Å². The highest BCUT2D eigenvalue weighted by atomic mass is 79.9. The fraction of sp³-hybridized carbons (Fsp3) is 0.100. The van der Waals surface area contributed by atoms with Gasteiger partial charge in [-0.05, 0) is 39.0 Å². The Kier molecular flexibility index (Phi) is 3.33. The Hall–Kier alpha value is -0.940. The van der Waals surface area contributed by atoms with Crippen LogP contribution in [0.15, 0.2) is 33.6 Å². The first-order valence-corrected chi connectivity index (χ1v) is 6.00. The fourth-order valence-electron chi connectivity index (χ4n) is 1.16. The van der Waals surface area contributed by atoms with Gasteiger partial charge in [0, 0.05) is 24.5 Å². The van der Waals surface area contributed by atoms with Crippen molar-refractivity contribution >= 4 is 33.0 Å². The number of hydrogen-bond donors (Lipinski definition) is 1. The summed E-state index contributed by atoms with van der Waals surface area (Å²) < 4.78 is 13.9. The molecule has 0 aliphatic carbocycles. The number of halogens is 2. The smallest absolute Gasteiger partial charge is 0.214 e. The topological polar surface area (TPSA) is 24.9 Å². The minimum atomic E-state index is -0.468. The van der Waals surface area contributed by atoms with Crippen LogP contribution in [0.4, 0.5) is 10.1 Å². The summed E-state index contributed by atoms with van der Waals surface area (Å²) in [5.41, 5.74) is 1.90. The number of nitrogens with zero attached hydrogens (tertiary/aromatic N) is 1. The van der Waals surface area contributed by atoms with Crippen LogP contribution in [-0.4, -0.2) is 4.98 Å². The normalized spacial score (nSPS) is 10.3. The standard InChI is InChI=1S/C10H8BrFN2S/c11-10-7(2-4-15-10)6-14-8-1-3-13-9(12)5-8/h1-5H,6H2,(H,13,14). The molecule has 0 fully saturated rings. The van der Waals surface area contributed by atoms with Crippen LogP contribution in [-0.2, 0) is 6.54 Å². The van der Waals surface area contributed by atoms with E-state index in [0.29, 0.717) is 6.54 Å². The van der Waals surface area contributed by atoms with Gasteiger partial charge in [-0.3, -0.25) is 0 Å². The van der Waals surface area contributed by atoms with E-state index >= 15 is 0 Å². The minimum Gasteiger partial charge on any atom is -0.381 e. The van der Waals surface area contributed by atoms with E-state index in [-0.39, 0.29) is 0 Å². The first-order valence-electron chi connectivity index (χ1n) is 4.33. The molecule has 2 aromatic rings. The third kappa shape index (κ3) is 2.76. The van der Waals surface area contributed by atoms with Gasteiger partial charge < -0.3 is 5.32 Å². The molecule has 0 radical (unpaired) electrons. The fourth-order valence-corrected chi connectivity index (χ4v) is 2.39. The molecule has 1 N–H and O–H groups in total. The number of nitrogens with one attached hydrogen (secondary N) is 1. The Bertz CT molecular complexity index is 458. The summed E-state index contributed by atoms with van der Waals surface area (Å²) in [5.74, 6) is -0.468. The molecule has 0 unspecified atom stereocenters. The zero-order chi connectivity index (χ0) is 10.7. The molecule has 5 heteroatoms. The number of thiophene rings is 1. The van der Waals surface area contributed by atoms with Crippen molar-refractivity contribution in [2.75, 3.05) is 5.32 Å². The SMILES string of the molecule is Fc1cc(NCc2ccsc2Br)ccn1. The largest absolute Gasteiger partial charge is 0.381 e. The van der Waals surface area contributed by atoms with Crippen LogP contribution in [0.5, 0.6) is 0 Å². The van der Waals surface area contributed by atoms with Gasteiger partial charge in [0.25, 0.3) is 0 Å². The van der Waals surface area contributed by atoms with Crippen LogP contribution >= 0.6 is 27.3 Å². The van der Waals surface area contributed by atoms with E-state index in [0.717, 1.165) is 15.0 Å². The molecule has 0 saturated carbocycles. The van der Waals surface area contributed by atoms with Gasteiger partial charge in [0.15, 0.2) is 0 Å². The third-order valence-corrected chi connectivity index (χ3v) is 3.71. The van der Waals surface area contributed by atoms with Gasteiger partial charge in [-0.1, -0.05) is 0 Å². The van der Waals surface area contributed by atoms with Gasteiger partial charge in [-0.15, -0.1) is 11.3 Å². The molecule has 0 aliphatic rings. The van der Waals surface area contributed by atoms with E-state index in [1.54, 1.807) is 17.4 Å². The number of aromatic nitrogens is 1. The predicted octanol–water partition coefficient (Wildman–Crippen LogP) is 3.66. The molecule has 15 heavy (non-hydrogen) atoms. The van der Waals surface area contributed by atoms with Crippen LogP contribution in [0.3, 0.4) is 0 Å². The molecule has 2 aromatic heterocycles.